The zero-order valence-electron chi connectivity index (χ0n) is 6.49. The summed E-state index contributed by atoms with van der Waals surface area (Å²) in [7, 11) is -4.78. The fourth-order valence-corrected chi connectivity index (χ4v) is 0.581. The second kappa shape index (κ2) is 5.78. The molecule has 0 aliphatic heterocycles. The lowest BCUT2D eigenvalue weighted by Crippen LogP contribution is -2.38. The first-order valence-electron chi connectivity index (χ1n) is 2.70. The molecule has 0 aliphatic carbocycles. The topological polar surface area (TPSA) is 156 Å². The molecule has 13 heavy (non-hydrogen) atoms. The highest BCUT2D eigenvalue weighted by Gasteiger charge is 2.27. The smallest absolute Gasteiger partial charge is 0.380 e. The first-order chi connectivity index (χ1) is 5.48. The molecule has 0 fully saturated rings. The summed E-state index contributed by atoms with van der Waals surface area (Å²) in [6, 6.07) is 0. The van der Waals surface area contributed by atoms with E-state index in [9.17, 15) is 0 Å². The van der Waals surface area contributed by atoms with Gasteiger partial charge in [-0.1, -0.05) is 8.58 Å². The monoisotopic (exact) mass is 238 g/mol. The fraction of sp³-hybridized carbons (Fsp3) is 1.00. The van der Waals surface area contributed by atoms with Crippen molar-refractivity contribution in [3.8, 4) is 0 Å². The lowest BCUT2D eigenvalue weighted by Gasteiger charge is -2.18. The summed E-state index contributed by atoms with van der Waals surface area (Å²) in [6.45, 7) is 1.54. The average molecular weight is 238 g/mol. The third-order valence-electron chi connectivity index (χ3n) is 0.640. The van der Waals surface area contributed by atoms with Crippen molar-refractivity contribution in [3.63, 3.8) is 0 Å². The molecule has 0 heterocycles. The molecular formula is C3H11O8PS. The van der Waals surface area contributed by atoms with Gasteiger partial charge in [0.1, 0.15) is 0 Å². The van der Waals surface area contributed by atoms with Crippen LogP contribution in [0, 0.1) is 0 Å². The average Bonchev–Trinajstić information content (AvgIpc) is 1.80. The maximum atomic E-state index is 8.74. The van der Waals surface area contributed by atoms with Crippen molar-refractivity contribution >= 4 is 19.0 Å². The van der Waals surface area contributed by atoms with Crippen molar-refractivity contribution in [2.45, 2.75) is 11.8 Å². The van der Waals surface area contributed by atoms with E-state index >= 15 is 0 Å². The molecule has 0 aliphatic rings. The van der Waals surface area contributed by atoms with Gasteiger partial charge >= 0.3 is 16.4 Å². The van der Waals surface area contributed by atoms with E-state index in [0.717, 1.165) is 0 Å². The molecule has 0 bridgehead atoms. The molecule has 0 aromatic rings. The molecule has 2 atom stereocenters. The molecule has 0 spiro atoms. The quantitative estimate of drug-likeness (QED) is 0.176. The molecule has 2 unspecified atom stereocenters. The van der Waals surface area contributed by atoms with E-state index in [1.807, 2.05) is 0 Å². The number of aliphatic hydroxyl groups excluding tert-OH is 1. The van der Waals surface area contributed by atoms with Crippen LogP contribution in [0.3, 0.4) is 0 Å². The van der Waals surface area contributed by atoms with Crippen LogP contribution in [-0.2, 0) is 10.4 Å². The van der Waals surface area contributed by atoms with E-state index in [1.54, 1.807) is 6.66 Å². The van der Waals surface area contributed by atoms with Gasteiger partial charge < -0.3 is 20.4 Å². The second-order valence-electron chi connectivity index (χ2n) is 1.83. The molecule has 6 N–H and O–H groups in total. The lowest BCUT2D eigenvalue weighted by atomic mass is 10.6. The first kappa shape index (κ1) is 15.6. The molecule has 10 heteroatoms. The number of hydrogen-bond donors (Lipinski definition) is 6. The van der Waals surface area contributed by atoms with Crippen LogP contribution < -0.4 is 0 Å². The summed E-state index contributed by atoms with van der Waals surface area (Å²) in [5.74, 6) is -4.38. The van der Waals surface area contributed by atoms with Crippen molar-refractivity contribution in [3.05, 3.63) is 0 Å². The van der Waals surface area contributed by atoms with Crippen LogP contribution in [0.25, 0.3) is 0 Å². The standard InChI is InChI=1S/C3H9O4P.H2O4S/c1-8-2(4)3(5,6)7;1-5(2,3)4/h2,4-8H,1H3;(H2,1,2,3,4). The fourth-order valence-electron chi connectivity index (χ4n) is 0.194. The van der Waals surface area contributed by atoms with Crippen molar-refractivity contribution in [2.75, 3.05) is 6.66 Å². The highest BCUT2D eigenvalue weighted by Crippen LogP contribution is 2.18. The Labute approximate surface area is 76.2 Å². The zero-order chi connectivity index (χ0) is 11.3. The van der Waals surface area contributed by atoms with Crippen LogP contribution in [0.2, 0.25) is 0 Å². The highest BCUT2D eigenvalue weighted by atomic mass is 32.3. The van der Waals surface area contributed by atoms with Gasteiger partial charge in [-0.25, -0.2) is 0 Å². The minimum Gasteiger partial charge on any atom is -0.380 e. The Bertz CT molecular complexity index is 208. The van der Waals surface area contributed by atoms with E-state index < -0.39 is 22.2 Å². The molecule has 0 radical (unpaired) electrons. The highest BCUT2D eigenvalue weighted by molar-refractivity contribution is 7.79. The predicted molar refractivity (Wildman–Crippen MR) is 43.8 cm³/mol. The van der Waals surface area contributed by atoms with Crippen LogP contribution in [0.5, 0.6) is 0 Å². The normalized spacial score (nSPS) is 15.3. The maximum Gasteiger partial charge on any atom is 0.394 e. The van der Waals surface area contributed by atoms with Crippen molar-refractivity contribution < 1.29 is 37.9 Å². The van der Waals surface area contributed by atoms with Crippen LogP contribution in [0.1, 0.15) is 0 Å². The van der Waals surface area contributed by atoms with Gasteiger partial charge in [0.05, 0.1) is 0 Å². The lowest BCUT2D eigenvalue weighted by molar-refractivity contribution is -0.336. The zero-order valence-corrected chi connectivity index (χ0v) is 8.30. The SMILES string of the molecule is CPC(O)C(O)(O)O.O=S(=O)(O)O. The Kier molecular flexibility index (Phi) is 6.94. The van der Waals surface area contributed by atoms with Gasteiger partial charge in [0.2, 0.25) is 0 Å². The molecule has 0 amide bonds. The Morgan fingerprint density at radius 3 is 1.46 bits per heavy atom. The second-order valence-corrected chi connectivity index (χ2v) is 3.85. The number of rotatable bonds is 2. The summed E-state index contributed by atoms with van der Waals surface area (Å²) < 4.78 is 31.6. The summed E-state index contributed by atoms with van der Waals surface area (Å²) >= 11 is 0. The molecule has 0 rings (SSSR count). The van der Waals surface area contributed by atoms with Crippen LogP contribution in [0.15, 0.2) is 0 Å². The summed E-state index contributed by atoms with van der Waals surface area (Å²) in [5, 5.41) is 32.9. The van der Waals surface area contributed by atoms with E-state index in [0.29, 0.717) is 0 Å². The number of aliphatic hydroxyl groups is 4. The van der Waals surface area contributed by atoms with Gasteiger partial charge in [0.15, 0.2) is 5.85 Å². The maximum absolute atomic E-state index is 8.74. The minimum absolute atomic E-state index is 0.111. The van der Waals surface area contributed by atoms with Gasteiger partial charge in [-0.2, -0.15) is 8.42 Å². The van der Waals surface area contributed by atoms with E-state index in [4.69, 9.17) is 37.9 Å². The van der Waals surface area contributed by atoms with E-state index in [1.165, 1.54) is 0 Å². The molecule has 0 aromatic carbocycles. The Morgan fingerprint density at radius 2 is 1.46 bits per heavy atom. The van der Waals surface area contributed by atoms with Crippen molar-refractivity contribution in [1.82, 2.24) is 0 Å². The Balaban J connectivity index is 0. The molecule has 82 valence electrons. The van der Waals surface area contributed by atoms with Gasteiger partial charge in [-0.05, 0) is 6.66 Å². The van der Waals surface area contributed by atoms with E-state index in [-0.39, 0.29) is 8.58 Å². The number of hydrogen-bond acceptors (Lipinski definition) is 6. The van der Waals surface area contributed by atoms with Crippen LogP contribution >= 0.6 is 8.58 Å². The van der Waals surface area contributed by atoms with E-state index in [2.05, 4.69) is 0 Å². The molecule has 0 aromatic heterocycles. The van der Waals surface area contributed by atoms with Crippen molar-refractivity contribution in [1.29, 1.82) is 0 Å². The summed E-state index contributed by atoms with van der Waals surface area (Å²) in [6.07, 6.45) is 0. The van der Waals surface area contributed by atoms with Gasteiger partial charge in [-0.3, -0.25) is 9.11 Å². The third kappa shape index (κ3) is 18.8. The van der Waals surface area contributed by atoms with Gasteiger partial charge in [0.25, 0.3) is 0 Å². The molecular weight excluding hydrogens is 227 g/mol. The molecule has 0 saturated heterocycles. The minimum atomic E-state index is -4.67. The summed E-state index contributed by atoms with van der Waals surface area (Å²) in [5.41, 5.74) is 0. The summed E-state index contributed by atoms with van der Waals surface area (Å²) in [4.78, 5) is 0. The Hall–Kier alpha value is 0.140. The predicted octanol–water partition coefficient (Wildman–Crippen LogP) is -2.41. The van der Waals surface area contributed by atoms with Gasteiger partial charge in [0, 0.05) is 0 Å². The largest absolute Gasteiger partial charge is 0.394 e. The molecule has 8 nitrogen and oxygen atoms in total. The Morgan fingerprint density at radius 1 is 1.23 bits per heavy atom. The van der Waals surface area contributed by atoms with Gasteiger partial charge in [-0.15, -0.1) is 0 Å². The van der Waals surface area contributed by atoms with Crippen LogP contribution in [-0.4, -0.2) is 56.4 Å². The molecule has 0 saturated carbocycles. The van der Waals surface area contributed by atoms with Crippen LogP contribution in [0.4, 0.5) is 0 Å². The van der Waals surface area contributed by atoms with Crippen molar-refractivity contribution in [2.24, 2.45) is 0 Å². The third-order valence-corrected chi connectivity index (χ3v) is 1.57. The first-order valence-corrected chi connectivity index (χ1v) is 5.68.